The quantitative estimate of drug-likeness (QED) is 0.894. The Morgan fingerprint density at radius 2 is 2.06 bits per heavy atom. The predicted octanol–water partition coefficient (Wildman–Crippen LogP) is 3.34. The van der Waals surface area contributed by atoms with Gasteiger partial charge < -0.3 is 5.32 Å². The minimum Gasteiger partial charge on any atom is -0.383 e. The highest BCUT2D eigenvalue weighted by atomic mass is 79.9. The zero-order chi connectivity index (χ0) is 13.1. The van der Waals surface area contributed by atoms with Gasteiger partial charge in [0.1, 0.15) is 0 Å². The molecule has 0 radical (unpaired) electrons. The van der Waals surface area contributed by atoms with E-state index in [4.69, 9.17) is 11.6 Å². The van der Waals surface area contributed by atoms with Crippen LogP contribution in [0.25, 0.3) is 0 Å². The summed E-state index contributed by atoms with van der Waals surface area (Å²) in [5.41, 5.74) is 0.802. The monoisotopic (exact) mass is 339 g/mol. The van der Waals surface area contributed by atoms with E-state index in [0.717, 1.165) is 10.2 Å². The maximum atomic E-state index is 11.6. The smallest absolute Gasteiger partial charge is 0.154 e. The van der Waals surface area contributed by atoms with Gasteiger partial charge in [0, 0.05) is 21.7 Å². The molecule has 6 heteroatoms. The van der Waals surface area contributed by atoms with Crippen LogP contribution >= 0.6 is 27.5 Å². The van der Waals surface area contributed by atoms with E-state index < -0.39 is 9.84 Å². The Hall–Kier alpha value is -0.260. The Kier molecular flexibility index (Phi) is 5.28. The third-order valence-electron chi connectivity index (χ3n) is 2.35. The normalized spacial score (nSPS) is 11.8. The molecule has 0 fully saturated rings. The number of halogens is 2. The summed E-state index contributed by atoms with van der Waals surface area (Å²) in [5, 5.41) is 3.33. The first-order valence-corrected chi connectivity index (χ1v) is 8.12. The number of hydrogen-bond donors (Lipinski definition) is 1. The molecule has 0 amide bonds. The van der Waals surface area contributed by atoms with Gasteiger partial charge in [-0.15, -0.1) is 0 Å². The Balaban J connectivity index is 2.60. The molecule has 0 saturated carbocycles. The van der Waals surface area contributed by atoms with Gasteiger partial charge in [-0.3, -0.25) is 0 Å². The van der Waals surface area contributed by atoms with Gasteiger partial charge in [-0.05, 0) is 48.0 Å². The largest absolute Gasteiger partial charge is 0.383 e. The molecule has 1 N–H and O–H groups in total. The molecule has 0 aliphatic rings. The lowest BCUT2D eigenvalue weighted by Crippen LogP contribution is -2.23. The minimum atomic E-state index is -3.00. The first kappa shape index (κ1) is 14.8. The van der Waals surface area contributed by atoms with Crippen molar-refractivity contribution in [2.45, 2.75) is 19.1 Å². The SMILES string of the molecule is CC(C)S(=O)(=O)CCNc1cc(Cl)ccc1Br. The van der Waals surface area contributed by atoms with Crippen LogP contribution in [0.4, 0.5) is 5.69 Å². The molecule has 1 aromatic carbocycles. The summed E-state index contributed by atoms with van der Waals surface area (Å²) < 4.78 is 24.1. The molecule has 0 aliphatic carbocycles. The van der Waals surface area contributed by atoms with E-state index in [1.165, 1.54) is 0 Å². The average molecular weight is 341 g/mol. The molecule has 0 atom stereocenters. The topological polar surface area (TPSA) is 46.2 Å². The van der Waals surface area contributed by atoms with Crippen molar-refractivity contribution in [3.8, 4) is 0 Å². The number of benzene rings is 1. The second-order valence-corrected chi connectivity index (χ2v) is 7.93. The van der Waals surface area contributed by atoms with Gasteiger partial charge in [0.25, 0.3) is 0 Å². The molecule has 0 aromatic heterocycles. The highest BCUT2D eigenvalue weighted by Gasteiger charge is 2.15. The first-order valence-electron chi connectivity index (χ1n) is 5.23. The second kappa shape index (κ2) is 6.07. The van der Waals surface area contributed by atoms with Crippen LogP contribution in [0, 0.1) is 0 Å². The lowest BCUT2D eigenvalue weighted by molar-refractivity contribution is 0.588. The van der Waals surface area contributed by atoms with Crippen molar-refractivity contribution >= 4 is 43.1 Å². The van der Waals surface area contributed by atoms with Crippen molar-refractivity contribution in [1.29, 1.82) is 0 Å². The summed E-state index contributed by atoms with van der Waals surface area (Å²) >= 11 is 9.23. The third kappa shape index (κ3) is 4.48. The van der Waals surface area contributed by atoms with Crippen LogP contribution in [-0.2, 0) is 9.84 Å². The molecule has 0 spiro atoms. The summed E-state index contributed by atoms with van der Waals surface area (Å²) in [6, 6.07) is 5.34. The van der Waals surface area contributed by atoms with E-state index >= 15 is 0 Å². The van der Waals surface area contributed by atoms with Crippen LogP contribution in [0.15, 0.2) is 22.7 Å². The predicted molar refractivity (Wildman–Crippen MR) is 76.6 cm³/mol. The van der Waals surface area contributed by atoms with E-state index in [2.05, 4.69) is 21.2 Å². The van der Waals surface area contributed by atoms with Gasteiger partial charge in [0.2, 0.25) is 0 Å². The van der Waals surface area contributed by atoms with Crippen LogP contribution in [0.3, 0.4) is 0 Å². The molecule has 17 heavy (non-hydrogen) atoms. The van der Waals surface area contributed by atoms with Gasteiger partial charge >= 0.3 is 0 Å². The molecular formula is C11H15BrClNO2S. The van der Waals surface area contributed by atoms with Crippen LogP contribution in [0.2, 0.25) is 5.02 Å². The van der Waals surface area contributed by atoms with Crippen molar-refractivity contribution in [1.82, 2.24) is 0 Å². The Morgan fingerprint density at radius 3 is 2.65 bits per heavy atom. The molecule has 0 unspecified atom stereocenters. The average Bonchev–Trinajstić information content (AvgIpc) is 2.22. The van der Waals surface area contributed by atoms with E-state index in [9.17, 15) is 8.42 Å². The van der Waals surface area contributed by atoms with Crippen molar-refractivity contribution in [3.63, 3.8) is 0 Å². The zero-order valence-corrected chi connectivity index (χ0v) is 12.9. The molecule has 0 saturated heterocycles. The number of hydrogen-bond acceptors (Lipinski definition) is 3. The molecule has 96 valence electrons. The minimum absolute atomic E-state index is 0.115. The van der Waals surface area contributed by atoms with Crippen molar-refractivity contribution in [3.05, 3.63) is 27.7 Å². The van der Waals surface area contributed by atoms with Gasteiger partial charge in [0.05, 0.1) is 11.0 Å². The summed E-state index contributed by atoms with van der Waals surface area (Å²) in [4.78, 5) is 0. The first-order chi connectivity index (χ1) is 7.83. The van der Waals surface area contributed by atoms with Gasteiger partial charge in [-0.2, -0.15) is 0 Å². The Labute approximate surface area is 116 Å². The van der Waals surface area contributed by atoms with Gasteiger partial charge in [-0.1, -0.05) is 11.6 Å². The maximum absolute atomic E-state index is 11.6. The number of rotatable bonds is 5. The van der Waals surface area contributed by atoms with Crippen LogP contribution < -0.4 is 5.32 Å². The summed E-state index contributed by atoms with van der Waals surface area (Å²) in [6.45, 7) is 3.74. The fourth-order valence-corrected chi connectivity index (χ4v) is 2.61. The van der Waals surface area contributed by atoms with Crippen molar-refractivity contribution < 1.29 is 8.42 Å². The third-order valence-corrected chi connectivity index (χ3v) is 5.48. The van der Waals surface area contributed by atoms with Crippen LogP contribution in [0.5, 0.6) is 0 Å². The molecule has 0 aliphatic heterocycles. The van der Waals surface area contributed by atoms with E-state index in [-0.39, 0.29) is 11.0 Å². The van der Waals surface area contributed by atoms with Crippen LogP contribution in [0.1, 0.15) is 13.8 Å². The molecule has 3 nitrogen and oxygen atoms in total. The van der Waals surface area contributed by atoms with E-state index in [0.29, 0.717) is 11.6 Å². The maximum Gasteiger partial charge on any atom is 0.154 e. The molecule has 0 heterocycles. The van der Waals surface area contributed by atoms with Crippen molar-refractivity contribution in [2.75, 3.05) is 17.6 Å². The summed E-state index contributed by atoms with van der Waals surface area (Å²) in [6.07, 6.45) is 0. The van der Waals surface area contributed by atoms with Crippen LogP contribution in [-0.4, -0.2) is 26.0 Å². The number of nitrogens with one attached hydrogen (secondary N) is 1. The lowest BCUT2D eigenvalue weighted by Gasteiger charge is -2.11. The van der Waals surface area contributed by atoms with Gasteiger partial charge in [0.15, 0.2) is 9.84 Å². The van der Waals surface area contributed by atoms with E-state index in [1.807, 2.05) is 6.07 Å². The van der Waals surface area contributed by atoms with E-state index in [1.54, 1.807) is 26.0 Å². The molecule has 1 rings (SSSR count). The van der Waals surface area contributed by atoms with Gasteiger partial charge in [-0.25, -0.2) is 8.42 Å². The number of anilines is 1. The highest BCUT2D eigenvalue weighted by Crippen LogP contribution is 2.25. The summed E-state index contributed by atoms with van der Waals surface area (Å²) in [5.74, 6) is 0.115. The Morgan fingerprint density at radius 1 is 1.41 bits per heavy atom. The fourth-order valence-electron chi connectivity index (χ4n) is 1.20. The molecule has 1 aromatic rings. The van der Waals surface area contributed by atoms with Crippen molar-refractivity contribution in [2.24, 2.45) is 0 Å². The lowest BCUT2D eigenvalue weighted by atomic mass is 10.3. The second-order valence-electron chi connectivity index (χ2n) is 3.97. The molecule has 0 bridgehead atoms. The standard InChI is InChI=1S/C11H15BrClNO2S/c1-8(2)17(15,16)6-5-14-11-7-9(13)3-4-10(11)12/h3-4,7-8,14H,5-6H2,1-2H3. The molecular weight excluding hydrogens is 326 g/mol. The highest BCUT2D eigenvalue weighted by molar-refractivity contribution is 9.10. The summed E-state index contributed by atoms with van der Waals surface area (Å²) in [7, 11) is -3.00. The fraction of sp³-hybridized carbons (Fsp3) is 0.455. The zero-order valence-electron chi connectivity index (χ0n) is 9.70. The number of sulfone groups is 1. The Bertz CT molecular complexity index is 488.